The van der Waals surface area contributed by atoms with E-state index in [1.165, 1.54) is 22.3 Å². The average Bonchev–Trinajstić information content (AvgIpc) is 2.25. The predicted octanol–water partition coefficient (Wildman–Crippen LogP) is 2.83. The Morgan fingerprint density at radius 1 is 1.22 bits per heavy atom. The Kier molecular flexibility index (Phi) is 5.64. The quantitative estimate of drug-likeness (QED) is 0.887. The Morgan fingerprint density at radius 2 is 1.83 bits per heavy atom. The maximum atomic E-state index is 3.45. The minimum atomic E-state index is 0. The first-order chi connectivity index (χ1) is 8.08. The topological polar surface area (TPSA) is 15.3 Å². The Morgan fingerprint density at radius 3 is 2.39 bits per heavy atom. The molecule has 1 aliphatic heterocycles. The number of nitrogens with zero attached hydrogens (tertiary/aromatic N) is 1. The smallest absolute Gasteiger partial charge is 0.0242 e. The standard InChI is InChI=1S/C15H24N2.ClH/c1-11-7-12(2)15(13(3)8-11)10-17-6-5-16-9-14(17)4;/h7-8,14,16H,5-6,9-10H2,1-4H3;1H/t14-;/m0./s1. The second-order valence-corrected chi connectivity index (χ2v) is 5.40. The molecule has 0 radical (unpaired) electrons. The molecule has 0 aliphatic carbocycles. The molecule has 2 nitrogen and oxygen atoms in total. The lowest BCUT2D eigenvalue weighted by Gasteiger charge is -2.34. The van der Waals surface area contributed by atoms with Gasteiger partial charge in [-0.3, -0.25) is 4.90 Å². The lowest BCUT2D eigenvalue weighted by atomic mass is 9.98. The van der Waals surface area contributed by atoms with Gasteiger partial charge in [0.1, 0.15) is 0 Å². The van der Waals surface area contributed by atoms with Crippen molar-refractivity contribution in [3.8, 4) is 0 Å². The molecule has 1 atom stereocenters. The van der Waals surface area contributed by atoms with E-state index in [-0.39, 0.29) is 12.4 Å². The highest BCUT2D eigenvalue weighted by atomic mass is 35.5. The number of rotatable bonds is 2. The Hall–Kier alpha value is -0.570. The summed E-state index contributed by atoms with van der Waals surface area (Å²) in [4.78, 5) is 2.58. The zero-order valence-electron chi connectivity index (χ0n) is 11.9. The summed E-state index contributed by atoms with van der Waals surface area (Å²) in [5.74, 6) is 0. The fourth-order valence-electron chi connectivity index (χ4n) is 2.78. The highest BCUT2D eigenvalue weighted by molar-refractivity contribution is 5.85. The van der Waals surface area contributed by atoms with Crippen molar-refractivity contribution in [2.24, 2.45) is 0 Å². The number of nitrogens with one attached hydrogen (secondary N) is 1. The number of aryl methyl sites for hydroxylation is 3. The van der Waals surface area contributed by atoms with Crippen LogP contribution in [0.4, 0.5) is 0 Å². The molecular weight excluding hydrogens is 244 g/mol. The molecule has 1 saturated heterocycles. The molecule has 3 heteroatoms. The van der Waals surface area contributed by atoms with E-state index in [0.29, 0.717) is 6.04 Å². The maximum Gasteiger partial charge on any atom is 0.0242 e. The van der Waals surface area contributed by atoms with Crippen LogP contribution in [0.5, 0.6) is 0 Å². The van der Waals surface area contributed by atoms with Gasteiger partial charge in [0, 0.05) is 32.2 Å². The van der Waals surface area contributed by atoms with Crippen LogP contribution < -0.4 is 5.32 Å². The summed E-state index contributed by atoms with van der Waals surface area (Å²) >= 11 is 0. The van der Waals surface area contributed by atoms with Gasteiger partial charge in [-0.05, 0) is 44.4 Å². The molecule has 102 valence electrons. The van der Waals surface area contributed by atoms with Gasteiger partial charge in [0.25, 0.3) is 0 Å². The van der Waals surface area contributed by atoms with Crippen LogP contribution in [0.2, 0.25) is 0 Å². The highest BCUT2D eigenvalue weighted by Crippen LogP contribution is 2.19. The van der Waals surface area contributed by atoms with Gasteiger partial charge in [0.2, 0.25) is 0 Å². The van der Waals surface area contributed by atoms with Gasteiger partial charge >= 0.3 is 0 Å². The van der Waals surface area contributed by atoms with Crippen LogP contribution in [-0.4, -0.2) is 30.6 Å². The van der Waals surface area contributed by atoms with Crippen LogP contribution in [0.3, 0.4) is 0 Å². The molecule has 0 aromatic heterocycles. The summed E-state index contributed by atoms with van der Waals surface area (Å²) in [5.41, 5.74) is 5.77. The molecule has 1 fully saturated rings. The van der Waals surface area contributed by atoms with E-state index in [1.807, 2.05) is 0 Å². The van der Waals surface area contributed by atoms with E-state index in [4.69, 9.17) is 0 Å². The van der Waals surface area contributed by atoms with Crippen molar-refractivity contribution in [2.75, 3.05) is 19.6 Å². The Balaban J connectivity index is 0.00000162. The van der Waals surface area contributed by atoms with Gasteiger partial charge in [0.15, 0.2) is 0 Å². The van der Waals surface area contributed by atoms with Crippen molar-refractivity contribution in [1.82, 2.24) is 10.2 Å². The van der Waals surface area contributed by atoms with E-state index >= 15 is 0 Å². The molecule has 2 rings (SSSR count). The summed E-state index contributed by atoms with van der Waals surface area (Å²) < 4.78 is 0. The van der Waals surface area contributed by atoms with Gasteiger partial charge in [0.05, 0.1) is 0 Å². The van der Waals surface area contributed by atoms with Crippen molar-refractivity contribution < 1.29 is 0 Å². The summed E-state index contributed by atoms with van der Waals surface area (Å²) in [6.07, 6.45) is 0. The molecular formula is C15H25ClN2. The highest BCUT2D eigenvalue weighted by Gasteiger charge is 2.19. The van der Waals surface area contributed by atoms with Crippen molar-refractivity contribution in [1.29, 1.82) is 0 Å². The van der Waals surface area contributed by atoms with Crippen LogP contribution in [0.25, 0.3) is 0 Å². The van der Waals surface area contributed by atoms with Crippen LogP contribution in [0.15, 0.2) is 12.1 Å². The molecule has 1 N–H and O–H groups in total. The minimum Gasteiger partial charge on any atom is -0.314 e. The van der Waals surface area contributed by atoms with Gasteiger partial charge in [-0.2, -0.15) is 0 Å². The van der Waals surface area contributed by atoms with Crippen molar-refractivity contribution in [3.05, 3.63) is 34.4 Å². The Bertz CT molecular complexity index is 380. The van der Waals surface area contributed by atoms with Crippen molar-refractivity contribution >= 4 is 12.4 Å². The molecule has 0 bridgehead atoms. The normalized spacial score (nSPS) is 20.6. The predicted molar refractivity (Wildman–Crippen MR) is 80.6 cm³/mol. The molecule has 0 saturated carbocycles. The second kappa shape index (κ2) is 6.55. The summed E-state index contributed by atoms with van der Waals surface area (Å²) in [6, 6.07) is 5.24. The first-order valence-corrected chi connectivity index (χ1v) is 6.59. The van der Waals surface area contributed by atoms with Crippen LogP contribution in [0.1, 0.15) is 29.2 Å². The lowest BCUT2D eigenvalue weighted by molar-refractivity contribution is 0.165. The van der Waals surface area contributed by atoms with E-state index in [2.05, 4.69) is 50.0 Å². The molecule has 18 heavy (non-hydrogen) atoms. The van der Waals surface area contributed by atoms with Crippen LogP contribution in [-0.2, 0) is 6.54 Å². The van der Waals surface area contributed by atoms with Crippen LogP contribution in [0, 0.1) is 20.8 Å². The van der Waals surface area contributed by atoms with E-state index in [1.54, 1.807) is 0 Å². The van der Waals surface area contributed by atoms with Gasteiger partial charge in [-0.25, -0.2) is 0 Å². The third-order valence-electron chi connectivity index (χ3n) is 3.84. The largest absolute Gasteiger partial charge is 0.314 e. The maximum absolute atomic E-state index is 3.45. The molecule has 0 spiro atoms. The number of halogens is 1. The first-order valence-electron chi connectivity index (χ1n) is 6.59. The molecule has 0 unspecified atom stereocenters. The summed E-state index contributed by atoms with van der Waals surface area (Å²) in [5, 5.41) is 3.45. The molecule has 1 aromatic carbocycles. The van der Waals surface area contributed by atoms with E-state index < -0.39 is 0 Å². The first kappa shape index (κ1) is 15.5. The number of piperazine rings is 1. The SMILES string of the molecule is Cc1cc(C)c(CN2CCNC[C@@H]2C)c(C)c1.Cl. The average molecular weight is 269 g/mol. The molecule has 1 aliphatic rings. The van der Waals surface area contributed by atoms with Crippen molar-refractivity contribution in [2.45, 2.75) is 40.3 Å². The third kappa shape index (κ3) is 3.47. The molecule has 0 amide bonds. The molecule has 1 aromatic rings. The number of hydrogen-bond donors (Lipinski definition) is 1. The van der Waals surface area contributed by atoms with Crippen LogP contribution >= 0.6 is 12.4 Å². The van der Waals surface area contributed by atoms with Crippen molar-refractivity contribution in [3.63, 3.8) is 0 Å². The molecule has 1 heterocycles. The zero-order valence-corrected chi connectivity index (χ0v) is 12.7. The second-order valence-electron chi connectivity index (χ2n) is 5.40. The fourth-order valence-corrected chi connectivity index (χ4v) is 2.78. The zero-order chi connectivity index (χ0) is 12.4. The Labute approximate surface area is 117 Å². The van der Waals surface area contributed by atoms with Gasteiger partial charge < -0.3 is 5.32 Å². The third-order valence-corrected chi connectivity index (χ3v) is 3.84. The van der Waals surface area contributed by atoms with Gasteiger partial charge in [-0.1, -0.05) is 17.7 Å². The fraction of sp³-hybridized carbons (Fsp3) is 0.600. The number of benzene rings is 1. The van der Waals surface area contributed by atoms with E-state index in [0.717, 1.165) is 26.2 Å². The lowest BCUT2D eigenvalue weighted by Crippen LogP contribution is -2.49. The minimum absolute atomic E-state index is 0. The summed E-state index contributed by atoms with van der Waals surface area (Å²) in [6.45, 7) is 13.5. The number of hydrogen-bond acceptors (Lipinski definition) is 2. The summed E-state index contributed by atoms with van der Waals surface area (Å²) in [7, 11) is 0. The monoisotopic (exact) mass is 268 g/mol. The van der Waals surface area contributed by atoms with Gasteiger partial charge in [-0.15, -0.1) is 12.4 Å². The van der Waals surface area contributed by atoms with E-state index in [9.17, 15) is 0 Å².